The van der Waals surface area contributed by atoms with Gasteiger partial charge in [0.05, 0.1) is 4.90 Å². The van der Waals surface area contributed by atoms with Crippen molar-refractivity contribution in [1.29, 1.82) is 0 Å². The van der Waals surface area contributed by atoms with E-state index >= 15 is 0 Å². The number of halogens is 1. The van der Waals surface area contributed by atoms with E-state index in [9.17, 15) is 18.0 Å². The number of hydrogen-bond donors (Lipinski definition) is 1. The van der Waals surface area contributed by atoms with Gasteiger partial charge < -0.3 is 10.1 Å². The lowest BCUT2D eigenvalue weighted by Gasteiger charge is -2.19. The number of nitrogens with one attached hydrogen (secondary N) is 1. The average molecular weight is 477 g/mol. The van der Waals surface area contributed by atoms with Gasteiger partial charge in [-0.15, -0.1) is 0 Å². The summed E-state index contributed by atoms with van der Waals surface area (Å²) < 4.78 is 32.1. The maximum atomic E-state index is 12.8. The summed E-state index contributed by atoms with van der Waals surface area (Å²) in [6.07, 6.45) is 6.53. The molecule has 1 amide bonds. The summed E-state index contributed by atoms with van der Waals surface area (Å²) in [5.74, 6) is -1.18. The second-order valence-electron chi connectivity index (χ2n) is 7.39. The molecular weight excluding hydrogens is 452 g/mol. The highest BCUT2D eigenvalue weighted by molar-refractivity contribution is 7.89. The van der Waals surface area contributed by atoms with Crippen LogP contribution in [0.2, 0.25) is 5.02 Å². The molecule has 0 unspecified atom stereocenters. The molecule has 1 aliphatic heterocycles. The van der Waals surface area contributed by atoms with Crippen LogP contribution in [0.1, 0.15) is 31.2 Å². The van der Waals surface area contributed by atoms with Crippen LogP contribution < -0.4 is 5.32 Å². The van der Waals surface area contributed by atoms with Crippen LogP contribution in [0.25, 0.3) is 6.08 Å². The summed E-state index contributed by atoms with van der Waals surface area (Å²) in [6, 6.07) is 12.9. The standard InChI is InChI=1S/C23H25ClN2O5S/c24-19-6-5-7-20(16-19)25-22(27)17-31-23(28)13-10-18-8-11-21(12-9-18)32(29,30)26-14-3-1-2-4-15-26/h5-13,16H,1-4,14-15,17H2,(H,25,27)/b13-10+. The zero-order valence-electron chi connectivity index (χ0n) is 17.5. The van der Waals surface area contributed by atoms with Gasteiger partial charge in [0.1, 0.15) is 0 Å². The highest BCUT2D eigenvalue weighted by Crippen LogP contribution is 2.21. The molecule has 0 spiro atoms. The molecule has 32 heavy (non-hydrogen) atoms. The van der Waals surface area contributed by atoms with Crippen LogP contribution in [-0.2, 0) is 24.3 Å². The monoisotopic (exact) mass is 476 g/mol. The summed E-state index contributed by atoms with van der Waals surface area (Å²) in [5, 5.41) is 3.06. The zero-order chi connectivity index (χ0) is 23.0. The Morgan fingerprint density at radius 2 is 1.72 bits per heavy atom. The van der Waals surface area contributed by atoms with E-state index in [1.54, 1.807) is 36.4 Å². The molecule has 0 bridgehead atoms. The van der Waals surface area contributed by atoms with Crippen LogP contribution in [0.4, 0.5) is 5.69 Å². The molecule has 0 atom stereocenters. The third-order valence-electron chi connectivity index (χ3n) is 4.95. The third-order valence-corrected chi connectivity index (χ3v) is 7.10. The Bertz CT molecular complexity index is 1080. The second-order valence-corrected chi connectivity index (χ2v) is 9.76. The molecule has 0 aromatic heterocycles. The van der Waals surface area contributed by atoms with Gasteiger partial charge in [-0.25, -0.2) is 13.2 Å². The Kier molecular flexibility index (Phi) is 8.44. The lowest BCUT2D eigenvalue weighted by molar-refractivity contribution is -0.142. The first-order chi connectivity index (χ1) is 15.3. The number of nitrogens with zero attached hydrogens (tertiary/aromatic N) is 1. The smallest absolute Gasteiger partial charge is 0.331 e. The van der Waals surface area contributed by atoms with Crippen molar-refractivity contribution in [2.45, 2.75) is 30.6 Å². The minimum atomic E-state index is -3.52. The number of sulfonamides is 1. The molecule has 0 saturated carbocycles. The van der Waals surface area contributed by atoms with E-state index in [0.717, 1.165) is 25.7 Å². The van der Waals surface area contributed by atoms with E-state index in [1.807, 2.05) is 0 Å². The van der Waals surface area contributed by atoms with Crippen molar-refractivity contribution < 1.29 is 22.7 Å². The van der Waals surface area contributed by atoms with Gasteiger partial charge in [0.2, 0.25) is 10.0 Å². The van der Waals surface area contributed by atoms with Crippen molar-refractivity contribution in [1.82, 2.24) is 4.31 Å². The number of ether oxygens (including phenoxy) is 1. The normalized spacial score (nSPS) is 15.3. The Morgan fingerprint density at radius 1 is 1.03 bits per heavy atom. The minimum Gasteiger partial charge on any atom is -0.452 e. The van der Waals surface area contributed by atoms with Crippen molar-refractivity contribution >= 4 is 45.3 Å². The van der Waals surface area contributed by atoms with Crippen LogP contribution in [0.5, 0.6) is 0 Å². The summed E-state index contributed by atoms with van der Waals surface area (Å²) >= 11 is 5.85. The Balaban J connectivity index is 1.51. The molecule has 1 saturated heterocycles. The summed E-state index contributed by atoms with van der Waals surface area (Å²) in [4.78, 5) is 24.0. The number of esters is 1. The summed E-state index contributed by atoms with van der Waals surface area (Å²) in [5.41, 5.74) is 1.14. The van der Waals surface area contributed by atoms with Gasteiger partial charge in [-0.3, -0.25) is 4.79 Å². The zero-order valence-corrected chi connectivity index (χ0v) is 19.1. The van der Waals surface area contributed by atoms with Crippen molar-refractivity contribution in [3.63, 3.8) is 0 Å². The number of amides is 1. The van der Waals surface area contributed by atoms with Crippen molar-refractivity contribution in [3.05, 3.63) is 65.2 Å². The fourth-order valence-electron chi connectivity index (χ4n) is 3.29. The lowest BCUT2D eigenvalue weighted by atomic mass is 10.2. The Morgan fingerprint density at radius 3 is 2.38 bits per heavy atom. The number of carbonyl (C=O) groups is 2. The second kappa shape index (κ2) is 11.3. The lowest BCUT2D eigenvalue weighted by Crippen LogP contribution is -2.31. The average Bonchev–Trinajstić information content (AvgIpc) is 3.07. The molecule has 0 aliphatic carbocycles. The van der Waals surface area contributed by atoms with Gasteiger partial charge >= 0.3 is 5.97 Å². The summed E-state index contributed by atoms with van der Waals surface area (Å²) in [7, 11) is -3.52. The Hall–Kier alpha value is -2.68. The molecule has 7 nitrogen and oxygen atoms in total. The van der Waals surface area contributed by atoms with E-state index < -0.39 is 28.5 Å². The van der Waals surface area contributed by atoms with Crippen LogP contribution in [0.15, 0.2) is 59.5 Å². The van der Waals surface area contributed by atoms with Gasteiger partial charge in [0, 0.05) is 29.9 Å². The van der Waals surface area contributed by atoms with Gasteiger partial charge in [0.25, 0.3) is 5.91 Å². The topological polar surface area (TPSA) is 92.8 Å². The quantitative estimate of drug-likeness (QED) is 0.479. The van der Waals surface area contributed by atoms with Crippen LogP contribution in [0, 0.1) is 0 Å². The number of rotatable bonds is 7. The van der Waals surface area contributed by atoms with Crippen LogP contribution in [0.3, 0.4) is 0 Å². The van der Waals surface area contributed by atoms with Gasteiger partial charge in [-0.05, 0) is 54.8 Å². The van der Waals surface area contributed by atoms with Gasteiger partial charge in [0.15, 0.2) is 6.61 Å². The maximum Gasteiger partial charge on any atom is 0.331 e. The number of carbonyl (C=O) groups excluding carboxylic acids is 2. The molecule has 0 radical (unpaired) electrons. The van der Waals surface area contributed by atoms with Gasteiger partial charge in [-0.1, -0.05) is 42.6 Å². The van der Waals surface area contributed by atoms with E-state index in [4.69, 9.17) is 16.3 Å². The van der Waals surface area contributed by atoms with E-state index in [-0.39, 0.29) is 4.90 Å². The van der Waals surface area contributed by atoms with E-state index in [1.165, 1.54) is 28.6 Å². The highest BCUT2D eigenvalue weighted by Gasteiger charge is 2.24. The van der Waals surface area contributed by atoms with Gasteiger partial charge in [-0.2, -0.15) is 4.31 Å². The molecule has 9 heteroatoms. The minimum absolute atomic E-state index is 0.233. The number of hydrogen-bond acceptors (Lipinski definition) is 5. The molecule has 1 heterocycles. The highest BCUT2D eigenvalue weighted by atomic mass is 35.5. The molecule has 2 aromatic carbocycles. The first-order valence-corrected chi connectivity index (χ1v) is 12.2. The largest absolute Gasteiger partial charge is 0.452 e. The fourth-order valence-corrected chi connectivity index (χ4v) is 5.00. The predicted molar refractivity (Wildman–Crippen MR) is 124 cm³/mol. The molecule has 170 valence electrons. The van der Waals surface area contributed by atoms with E-state index in [0.29, 0.717) is 29.4 Å². The molecule has 1 aliphatic rings. The first kappa shape index (κ1) is 24.0. The Labute approximate surface area is 193 Å². The number of benzene rings is 2. The third kappa shape index (κ3) is 6.91. The SMILES string of the molecule is O=C(COC(=O)/C=C/c1ccc(S(=O)(=O)N2CCCCCC2)cc1)Nc1cccc(Cl)c1. The van der Waals surface area contributed by atoms with Crippen LogP contribution >= 0.6 is 11.6 Å². The molecule has 1 N–H and O–H groups in total. The summed E-state index contributed by atoms with van der Waals surface area (Å²) in [6.45, 7) is 0.643. The molecule has 3 rings (SSSR count). The maximum absolute atomic E-state index is 12.8. The van der Waals surface area contributed by atoms with Crippen molar-refractivity contribution in [2.75, 3.05) is 25.0 Å². The molecular formula is C23H25ClN2O5S. The molecule has 1 fully saturated rings. The van der Waals surface area contributed by atoms with Crippen molar-refractivity contribution in [2.24, 2.45) is 0 Å². The number of anilines is 1. The fraction of sp³-hybridized carbons (Fsp3) is 0.304. The predicted octanol–water partition coefficient (Wildman–Crippen LogP) is 4.10. The molecule has 2 aromatic rings. The van der Waals surface area contributed by atoms with Crippen molar-refractivity contribution in [3.8, 4) is 0 Å². The van der Waals surface area contributed by atoms with Crippen LogP contribution in [-0.4, -0.2) is 44.3 Å². The first-order valence-electron chi connectivity index (χ1n) is 10.3. The van der Waals surface area contributed by atoms with E-state index in [2.05, 4.69) is 5.32 Å².